The van der Waals surface area contributed by atoms with Crippen LogP contribution in [0.15, 0.2) is 5.38 Å². The molecule has 0 bridgehead atoms. The molecule has 2 N–H and O–H groups in total. The summed E-state index contributed by atoms with van der Waals surface area (Å²) in [7, 11) is 0. The van der Waals surface area contributed by atoms with Crippen molar-refractivity contribution in [3.8, 4) is 0 Å². The second kappa shape index (κ2) is 6.18. The predicted octanol–water partition coefficient (Wildman–Crippen LogP) is 2.05. The number of nitrogens with one attached hydrogen (secondary N) is 1. The van der Waals surface area contributed by atoms with E-state index >= 15 is 0 Å². The molecular weight excluding hydrogens is 252 g/mol. The first kappa shape index (κ1) is 13.3. The zero-order valence-electron chi connectivity index (χ0n) is 10.2. The van der Waals surface area contributed by atoms with Crippen molar-refractivity contribution in [2.24, 2.45) is 0 Å². The minimum atomic E-state index is -0.491. The molecule has 17 heavy (non-hydrogen) atoms. The summed E-state index contributed by atoms with van der Waals surface area (Å²) >= 11 is 3.65. The number of hydrogen-bond acceptors (Lipinski definition) is 5. The van der Waals surface area contributed by atoms with E-state index < -0.39 is 5.60 Å². The molecule has 0 aliphatic carbocycles. The van der Waals surface area contributed by atoms with Crippen LogP contribution in [0.4, 0.5) is 0 Å². The maximum atomic E-state index is 10.3. The number of rotatable bonds is 5. The van der Waals surface area contributed by atoms with E-state index in [1.807, 2.05) is 11.8 Å². The number of aryl methyl sites for hydroxylation is 1. The van der Waals surface area contributed by atoms with E-state index in [0.717, 1.165) is 43.0 Å². The van der Waals surface area contributed by atoms with Crippen molar-refractivity contribution in [2.75, 3.05) is 18.1 Å². The molecule has 1 fully saturated rings. The van der Waals surface area contributed by atoms with Crippen LogP contribution in [-0.2, 0) is 13.0 Å². The van der Waals surface area contributed by atoms with Crippen molar-refractivity contribution in [1.82, 2.24) is 10.3 Å². The van der Waals surface area contributed by atoms with E-state index in [1.165, 1.54) is 5.01 Å². The molecule has 1 aliphatic rings. The fourth-order valence-electron chi connectivity index (χ4n) is 1.94. The van der Waals surface area contributed by atoms with Gasteiger partial charge in [-0.05, 0) is 30.8 Å². The monoisotopic (exact) mass is 272 g/mol. The molecule has 0 saturated carbocycles. The van der Waals surface area contributed by atoms with Gasteiger partial charge < -0.3 is 10.4 Å². The summed E-state index contributed by atoms with van der Waals surface area (Å²) < 4.78 is 0. The minimum Gasteiger partial charge on any atom is -0.389 e. The lowest BCUT2D eigenvalue weighted by Gasteiger charge is -2.31. The van der Waals surface area contributed by atoms with Gasteiger partial charge in [-0.1, -0.05) is 6.92 Å². The Bertz CT molecular complexity index is 348. The van der Waals surface area contributed by atoms with E-state index in [2.05, 4.69) is 22.6 Å². The van der Waals surface area contributed by atoms with E-state index in [9.17, 15) is 5.11 Å². The Balaban J connectivity index is 1.74. The predicted molar refractivity (Wildman–Crippen MR) is 74.7 cm³/mol. The van der Waals surface area contributed by atoms with Gasteiger partial charge in [0.05, 0.1) is 16.3 Å². The summed E-state index contributed by atoms with van der Waals surface area (Å²) in [6.45, 7) is 3.58. The van der Waals surface area contributed by atoms with Crippen LogP contribution in [0.1, 0.15) is 30.5 Å². The lowest BCUT2D eigenvalue weighted by Crippen LogP contribution is -2.43. The summed E-state index contributed by atoms with van der Waals surface area (Å²) in [6.07, 6.45) is 2.82. The highest BCUT2D eigenvalue weighted by atomic mass is 32.2. The molecule has 0 unspecified atom stereocenters. The van der Waals surface area contributed by atoms with Crippen molar-refractivity contribution in [1.29, 1.82) is 0 Å². The number of hydrogen-bond donors (Lipinski definition) is 2. The average molecular weight is 272 g/mol. The number of aliphatic hydroxyl groups is 1. The Kier molecular flexibility index (Phi) is 4.85. The summed E-state index contributed by atoms with van der Waals surface area (Å²) in [5.41, 5.74) is 0.607. The van der Waals surface area contributed by atoms with Gasteiger partial charge in [-0.25, -0.2) is 4.98 Å². The van der Waals surface area contributed by atoms with Gasteiger partial charge in [0.1, 0.15) is 0 Å². The summed E-state index contributed by atoms with van der Waals surface area (Å²) in [6, 6.07) is 0. The molecule has 1 aliphatic heterocycles. The van der Waals surface area contributed by atoms with E-state index in [0.29, 0.717) is 6.54 Å². The summed E-state index contributed by atoms with van der Waals surface area (Å²) in [5.74, 6) is 2.16. The summed E-state index contributed by atoms with van der Waals surface area (Å²) in [4.78, 5) is 4.50. The minimum absolute atomic E-state index is 0.491. The molecule has 1 saturated heterocycles. The molecule has 2 rings (SSSR count). The molecule has 0 aromatic carbocycles. The number of thiazole rings is 1. The van der Waals surface area contributed by atoms with Crippen molar-refractivity contribution < 1.29 is 5.11 Å². The summed E-state index contributed by atoms with van der Waals surface area (Å²) in [5, 5.41) is 16.9. The normalized spacial score (nSPS) is 19.4. The SMILES string of the molecule is CCc1nc(CNCC2(O)CCSCC2)cs1. The molecule has 2 heterocycles. The van der Waals surface area contributed by atoms with Crippen molar-refractivity contribution >= 4 is 23.1 Å². The van der Waals surface area contributed by atoms with Crippen molar-refractivity contribution in [2.45, 2.75) is 38.3 Å². The van der Waals surface area contributed by atoms with Crippen LogP contribution >= 0.6 is 23.1 Å². The number of nitrogens with zero attached hydrogens (tertiary/aromatic N) is 1. The molecule has 0 atom stereocenters. The standard InChI is InChI=1S/C12H20N2OS2/c1-2-11-14-10(8-17-11)7-13-9-12(15)3-5-16-6-4-12/h8,13,15H,2-7,9H2,1H3. The fraction of sp³-hybridized carbons (Fsp3) is 0.750. The Labute approximate surface area is 111 Å². The molecule has 1 aromatic rings. The Morgan fingerprint density at radius 1 is 1.47 bits per heavy atom. The van der Waals surface area contributed by atoms with Gasteiger partial charge >= 0.3 is 0 Å². The number of thioether (sulfide) groups is 1. The Morgan fingerprint density at radius 3 is 2.88 bits per heavy atom. The zero-order chi connectivity index (χ0) is 12.1. The Morgan fingerprint density at radius 2 is 2.24 bits per heavy atom. The highest BCUT2D eigenvalue weighted by molar-refractivity contribution is 7.99. The number of aromatic nitrogens is 1. The third-order valence-electron chi connectivity index (χ3n) is 3.09. The topological polar surface area (TPSA) is 45.2 Å². The van der Waals surface area contributed by atoms with E-state index in [-0.39, 0.29) is 0 Å². The molecular formula is C12H20N2OS2. The van der Waals surface area contributed by atoms with Crippen LogP contribution in [0.5, 0.6) is 0 Å². The maximum Gasteiger partial charge on any atom is 0.0926 e. The molecule has 1 aromatic heterocycles. The molecule has 0 amide bonds. The largest absolute Gasteiger partial charge is 0.389 e. The Hall–Kier alpha value is -0.100. The van der Waals surface area contributed by atoms with Crippen LogP contribution in [-0.4, -0.2) is 33.7 Å². The van der Waals surface area contributed by atoms with Crippen LogP contribution < -0.4 is 5.32 Å². The average Bonchev–Trinajstić information content (AvgIpc) is 2.78. The quantitative estimate of drug-likeness (QED) is 0.861. The van der Waals surface area contributed by atoms with Crippen molar-refractivity contribution in [3.63, 3.8) is 0 Å². The van der Waals surface area contributed by atoms with Gasteiger partial charge in [0, 0.05) is 18.5 Å². The molecule has 0 spiro atoms. The molecule has 3 nitrogen and oxygen atoms in total. The van der Waals surface area contributed by atoms with Crippen LogP contribution in [0.25, 0.3) is 0 Å². The van der Waals surface area contributed by atoms with Crippen LogP contribution in [0, 0.1) is 0 Å². The second-order valence-electron chi connectivity index (χ2n) is 4.53. The first-order valence-corrected chi connectivity index (χ1v) is 8.19. The zero-order valence-corrected chi connectivity index (χ0v) is 11.9. The third-order valence-corrected chi connectivity index (χ3v) is 5.11. The van der Waals surface area contributed by atoms with Gasteiger partial charge in [-0.3, -0.25) is 0 Å². The molecule has 96 valence electrons. The third kappa shape index (κ3) is 3.95. The van der Waals surface area contributed by atoms with Gasteiger partial charge in [-0.15, -0.1) is 11.3 Å². The van der Waals surface area contributed by atoms with Crippen molar-refractivity contribution in [3.05, 3.63) is 16.1 Å². The smallest absolute Gasteiger partial charge is 0.0926 e. The van der Waals surface area contributed by atoms with Gasteiger partial charge in [-0.2, -0.15) is 11.8 Å². The van der Waals surface area contributed by atoms with Gasteiger partial charge in [0.2, 0.25) is 0 Å². The highest BCUT2D eigenvalue weighted by Crippen LogP contribution is 2.26. The van der Waals surface area contributed by atoms with E-state index in [4.69, 9.17) is 0 Å². The fourth-order valence-corrected chi connectivity index (χ4v) is 3.94. The van der Waals surface area contributed by atoms with E-state index in [1.54, 1.807) is 11.3 Å². The first-order valence-electron chi connectivity index (χ1n) is 6.16. The molecule has 0 radical (unpaired) electrons. The lowest BCUT2D eigenvalue weighted by molar-refractivity contribution is 0.0319. The van der Waals surface area contributed by atoms with Crippen LogP contribution in [0.2, 0.25) is 0 Å². The maximum absolute atomic E-state index is 10.3. The van der Waals surface area contributed by atoms with Gasteiger partial charge in [0.25, 0.3) is 0 Å². The molecule has 5 heteroatoms. The lowest BCUT2D eigenvalue weighted by atomic mass is 9.97. The van der Waals surface area contributed by atoms with Crippen LogP contribution in [0.3, 0.4) is 0 Å². The first-order chi connectivity index (χ1) is 8.22. The highest BCUT2D eigenvalue weighted by Gasteiger charge is 2.28. The second-order valence-corrected chi connectivity index (χ2v) is 6.69. The van der Waals surface area contributed by atoms with Gasteiger partial charge in [0.15, 0.2) is 0 Å².